The number of hydrogen-bond acceptors (Lipinski definition) is 4. The third-order valence-corrected chi connectivity index (χ3v) is 7.30. The quantitative estimate of drug-likeness (QED) is 0.765. The largest absolute Gasteiger partial charge is 0.331 e. The van der Waals surface area contributed by atoms with Crippen LogP contribution in [0.4, 0.5) is 4.79 Å². The zero-order valence-electron chi connectivity index (χ0n) is 18.3. The lowest BCUT2D eigenvalue weighted by Gasteiger charge is -2.47. The van der Waals surface area contributed by atoms with E-state index >= 15 is 0 Å². The summed E-state index contributed by atoms with van der Waals surface area (Å²) in [6.45, 7) is 11.2. The van der Waals surface area contributed by atoms with Crippen molar-refractivity contribution in [1.82, 2.24) is 24.3 Å². The summed E-state index contributed by atoms with van der Waals surface area (Å²) in [6.07, 6.45) is 1.96. The number of urea groups is 1. The second-order valence-corrected chi connectivity index (χ2v) is 10.1. The minimum absolute atomic E-state index is 0.0405. The summed E-state index contributed by atoms with van der Waals surface area (Å²) in [5.41, 5.74) is 2.72. The SMILES string of the molecule is Cc1nc2c(n1C(C)C)CN(Cc1cccs1)CC21CCN(C(=O)N(C)C)CC1. The highest BCUT2D eigenvalue weighted by atomic mass is 32.1. The molecular formula is C22H33N5OS. The Kier molecular flexibility index (Phi) is 5.46. The van der Waals surface area contributed by atoms with Crippen LogP contribution in [-0.4, -0.2) is 64.0 Å². The van der Waals surface area contributed by atoms with Crippen molar-refractivity contribution in [3.63, 3.8) is 0 Å². The minimum atomic E-state index is 0.0405. The van der Waals surface area contributed by atoms with Gasteiger partial charge in [0.2, 0.25) is 0 Å². The average molecular weight is 416 g/mol. The number of rotatable bonds is 3. The first-order chi connectivity index (χ1) is 13.8. The van der Waals surface area contributed by atoms with E-state index in [4.69, 9.17) is 4.98 Å². The highest BCUT2D eigenvalue weighted by molar-refractivity contribution is 7.09. The molecule has 2 aliphatic heterocycles. The van der Waals surface area contributed by atoms with Gasteiger partial charge in [0.05, 0.1) is 11.4 Å². The highest BCUT2D eigenvalue weighted by Crippen LogP contribution is 2.43. The molecule has 29 heavy (non-hydrogen) atoms. The van der Waals surface area contributed by atoms with Crippen LogP contribution in [-0.2, 0) is 18.5 Å². The maximum absolute atomic E-state index is 12.5. The Balaban J connectivity index is 1.66. The minimum Gasteiger partial charge on any atom is -0.331 e. The number of fused-ring (bicyclic) bond motifs is 2. The third-order valence-electron chi connectivity index (χ3n) is 6.44. The number of piperidine rings is 1. The predicted octanol–water partition coefficient (Wildman–Crippen LogP) is 3.86. The van der Waals surface area contributed by atoms with Crippen LogP contribution in [0.1, 0.15) is 54.8 Å². The molecule has 7 heteroatoms. The van der Waals surface area contributed by atoms with Crippen LogP contribution in [0.15, 0.2) is 17.5 Å². The van der Waals surface area contributed by atoms with E-state index in [1.54, 1.807) is 4.90 Å². The first-order valence-corrected chi connectivity index (χ1v) is 11.5. The zero-order valence-corrected chi connectivity index (χ0v) is 19.1. The summed E-state index contributed by atoms with van der Waals surface area (Å²) in [7, 11) is 3.67. The van der Waals surface area contributed by atoms with Crippen LogP contribution in [0.5, 0.6) is 0 Å². The Morgan fingerprint density at radius 2 is 2.03 bits per heavy atom. The molecule has 4 heterocycles. The maximum Gasteiger partial charge on any atom is 0.319 e. The van der Waals surface area contributed by atoms with E-state index in [1.807, 2.05) is 30.3 Å². The molecular weight excluding hydrogens is 382 g/mol. The van der Waals surface area contributed by atoms with Crippen molar-refractivity contribution in [2.75, 3.05) is 33.7 Å². The molecule has 0 aliphatic carbocycles. The lowest BCUT2D eigenvalue weighted by molar-refractivity contribution is 0.0919. The summed E-state index contributed by atoms with van der Waals surface area (Å²) >= 11 is 1.83. The van der Waals surface area contributed by atoms with Gasteiger partial charge in [0.15, 0.2) is 0 Å². The number of likely N-dealkylation sites (tertiary alicyclic amines) is 1. The molecule has 2 amide bonds. The van der Waals surface area contributed by atoms with Gasteiger partial charge in [0, 0.05) is 63.2 Å². The van der Waals surface area contributed by atoms with Crippen molar-refractivity contribution in [3.05, 3.63) is 39.6 Å². The molecule has 0 unspecified atom stereocenters. The van der Waals surface area contributed by atoms with Crippen molar-refractivity contribution in [2.45, 2.75) is 58.2 Å². The van der Waals surface area contributed by atoms with Gasteiger partial charge in [0.25, 0.3) is 0 Å². The number of aryl methyl sites for hydroxylation is 1. The number of nitrogens with zero attached hydrogens (tertiary/aromatic N) is 5. The second kappa shape index (κ2) is 7.76. The Morgan fingerprint density at radius 1 is 1.31 bits per heavy atom. The number of imidazole rings is 1. The smallest absolute Gasteiger partial charge is 0.319 e. The van der Waals surface area contributed by atoms with Crippen LogP contribution in [0.25, 0.3) is 0 Å². The van der Waals surface area contributed by atoms with Crippen LogP contribution in [0, 0.1) is 6.92 Å². The fourth-order valence-electron chi connectivity index (χ4n) is 5.16. The van der Waals surface area contributed by atoms with Crippen molar-refractivity contribution in [2.24, 2.45) is 0 Å². The normalized spacial score (nSPS) is 19.0. The van der Waals surface area contributed by atoms with Gasteiger partial charge in [-0.15, -0.1) is 11.3 Å². The molecule has 4 rings (SSSR count). The van der Waals surface area contributed by atoms with Gasteiger partial charge in [-0.05, 0) is 45.1 Å². The fraction of sp³-hybridized carbons (Fsp3) is 0.636. The maximum atomic E-state index is 12.5. The first-order valence-electron chi connectivity index (χ1n) is 10.6. The number of carbonyl (C=O) groups is 1. The van der Waals surface area contributed by atoms with E-state index in [0.717, 1.165) is 51.4 Å². The lowest BCUT2D eigenvalue weighted by Crippen LogP contribution is -2.54. The predicted molar refractivity (Wildman–Crippen MR) is 117 cm³/mol. The molecule has 2 aromatic rings. The van der Waals surface area contributed by atoms with Gasteiger partial charge in [-0.1, -0.05) is 6.07 Å². The van der Waals surface area contributed by atoms with Gasteiger partial charge in [-0.3, -0.25) is 4.90 Å². The van der Waals surface area contributed by atoms with Crippen LogP contribution >= 0.6 is 11.3 Å². The van der Waals surface area contributed by atoms with E-state index in [9.17, 15) is 4.79 Å². The Bertz CT molecular complexity index is 862. The Morgan fingerprint density at radius 3 is 2.62 bits per heavy atom. The molecule has 0 N–H and O–H groups in total. The van der Waals surface area contributed by atoms with Gasteiger partial charge in [-0.25, -0.2) is 9.78 Å². The van der Waals surface area contributed by atoms with E-state index in [2.05, 4.69) is 47.8 Å². The topological polar surface area (TPSA) is 44.6 Å². The summed E-state index contributed by atoms with van der Waals surface area (Å²) < 4.78 is 2.43. The van der Waals surface area contributed by atoms with E-state index < -0.39 is 0 Å². The molecule has 158 valence electrons. The van der Waals surface area contributed by atoms with Crippen molar-refractivity contribution in [1.29, 1.82) is 0 Å². The summed E-state index contributed by atoms with van der Waals surface area (Å²) in [6, 6.07) is 4.89. The fourth-order valence-corrected chi connectivity index (χ4v) is 5.91. The molecule has 0 bridgehead atoms. The van der Waals surface area contributed by atoms with E-state index in [0.29, 0.717) is 6.04 Å². The molecule has 2 aromatic heterocycles. The van der Waals surface area contributed by atoms with Crippen molar-refractivity contribution < 1.29 is 4.79 Å². The molecule has 0 aromatic carbocycles. The summed E-state index contributed by atoms with van der Waals surface area (Å²) in [5, 5.41) is 2.16. The Hall–Kier alpha value is -1.86. The highest BCUT2D eigenvalue weighted by Gasteiger charge is 2.46. The molecule has 1 saturated heterocycles. The third kappa shape index (κ3) is 3.70. The van der Waals surface area contributed by atoms with Gasteiger partial charge < -0.3 is 14.4 Å². The van der Waals surface area contributed by atoms with Crippen LogP contribution in [0.2, 0.25) is 0 Å². The molecule has 1 fully saturated rings. The number of aromatic nitrogens is 2. The standard InChI is InChI=1S/C22H33N5OS/c1-16(2)27-17(3)23-20-19(27)14-25(13-18-7-6-12-29-18)15-22(20)8-10-26(11-9-22)21(28)24(4)5/h6-7,12,16H,8-11,13-15H2,1-5H3. The first kappa shape index (κ1) is 20.4. The number of amides is 2. The van der Waals surface area contributed by atoms with E-state index in [-0.39, 0.29) is 11.4 Å². The molecule has 0 saturated carbocycles. The Labute approximate surface area is 178 Å². The monoisotopic (exact) mass is 415 g/mol. The van der Waals surface area contributed by atoms with Crippen LogP contribution < -0.4 is 0 Å². The van der Waals surface area contributed by atoms with Gasteiger partial charge in [0.1, 0.15) is 5.82 Å². The average Bonchev–Trinajstić information content (AvgIpc) is 3.29. The number of hydrogen-bond donors (Lipinski definition) is 0. The molecule has 0 radical (unpaired) electrons. The molecule has 0 atom stereocenters. The van der Waals surface area contributed by atoms with Crippen molar-refractivity contribution >= 4 is 17.4 Å². The van der Waals surface area contributed by atoms with Crippen molar-refractivity contribution in [3.8, 4) is 0 Å². The van der Waals surface area contributed by atoms with E-state index in [1.165, 1.54) is 16.3 Å². The number of thiophene rings is 1. The summed E-state index contributed by atoms with van der Waals surface area (Å²) in [4.78, 5) is 25.3. The number of carbonyl (C=O) groups excluding carboxylic acids is 1. The molecule has 2 aliphatic rings. The van der Waals surface area contributed by atoms with Gasteiger partial charge >= 0.3 is 6.03 Å². The second-order valence-electron chi connectivity index (χ2n) is 9.09. The van der Waals surface area contributed by atoms with Gasteiger partial charge in [-0.2, -0.15) is 0 Å². The zero-order chi connectivity index (χ0) is 20.8. The molecule has 1 spiro atoms. The summed E-state index contributed by atoms with van der Waals surface area (Å²) in [5.74, 6) is 1.12. The molecule has 6 nitrogen and oxygen atoms in total. The van der Waals surface area contributed by atoms with Crippen LogP contribution in [0.3, 0.4) is 0 Å². The lowest BCUT2D eigenvalue weighted by atomic mass is 9.72.